The zero-order valence-corrected chi connectivity index (χ0v) is 7.36. The molecule has 0 bridgehead atoms. The molecule has 1 unspecified atom stereocenters. The molecule has 0 heterocycles. The summed E-state index contributed by atoms with van der Waals surface area (Å²) in [6, 6.07) is -0.741. The van der Waals surface area contributed by atoms with Gasteiger partial charge in [-0.05, 0) is 6.92 Å². The lowest BCUT2D eigenvalue weighted by molar-refractivity contribution is -0.133. The van der Waals surface area contributed by atoms with Crippen LogP contribution in [0.3, 0.4) is 0 Å². The van der Waals surface area contributed by atoms with E-state index in [2.05, 4.69) is 5.32 Å². The first-order valence-electron chi connectivity index (χ1n) is 3.84. The van der Waals surface area contributed by atoms with Crippen molar-refractivity contribution in [3.63, 3.8) is 0 Å². The van der Waals surface area contributed by atoms with Crippen molar-refractivity contribution in [1.29, 1.82) is 0 Å². The lowest BCUT2D eigenvalue weighted by Gasteiger charge is -2.15. The molecule has 0 aromatic heterocycles. The van der Waals surface area contributed by atoms with Crippen molar-refractivity contribution >= 4 is 11.8 Å². The van der Waals surface area contributed by atoms with Gasteiger partial charge in [-0.25, -0.2) is 0 Å². The molecule has 6 nitrogen and oxygen atoms in total. The molecule has 0 fully saturated rings. The second kappa shape index (κ2) is 5.50. The quantitative estimate of drug-likeness (QED) is 0.361. The summed E-state index contributed by atoms with van der Waals surface area (Å²) < 4.78 is 0. The minimum absolute atomic E-state index is 0.381. The summed E-state index contributed by atoms with van der Waals surface area (Å²) in [7, 11) is 0. The molecule has 0 aliphatic rings. The highest BCUT2D eigenvalue weighted by Crippen LogP contribution is 1.93. The molecule has 6 heteroatoms. The summed E-state index contributed by atoms with van der Waals surface area (Å²) >= 11 is 0. The third-order valence-electron chi connectivity index (χ3n) is 1.61. The Morgan fingerprint density at radius 1 is 1.38 bits per heavy atom. The average molecular weight is 190 g/mol. The fourth-order valence-electron chi connectivity index (χ4n) is 0.604. The van der Waals surface area contributed by atoms with E-state index in [1.165, 1.54) is 6.92 Å². The Balaban J connectivity index is 4.05. The smallest absolute Gasteiger partial charge is 0.232 e. The lowest BCUT2D eigenvalue weighted by Crippen LogP contribution is -2.45. The average Bonchev–Trinajstić information content (AvgIpc) is 2.12. The van der Waals surface area contributed by atoms with Gasteiger partial charge in [0, 0.05) is 0 Å². The zero-order valence-electron chi connectivity index (χ0n) is 7.36. The standard InChI is InChI=1S/C7H14N2O4/c1-4(6(8)12)7(13)9-5(2-10)3-11/h4-5,10-11H,2-3H2,1H3,(H2,8,12)(H,9,13). The number of hydrogen-bond acceptors (Lipinski definition) is 4. The van der Waals surface area contributed by atoms with Crippen LogP contribution in [0.5, 0.6) is 0 Å². The molecule has 0 aromatic carbocycles. The highest BCUT2D eigenvalue weighted by atomic mass is 16.3. The summed E-state index contributed by atoms with van der Waals surface area (Å²) in [4.78, 5) is 21.6. The number of carbonyl (C=O) groups excluding carboxylic acids is 2. The van der Waals surface area contributed by atoms with E-state index >= 15 is 0 Å². The van der Waals surface area contributed by atoms with E-state index in [0.717, 1.165) is 0 Å². The first-order valence-corrected chi connectivity index (χ1v) is 3.84. The largest absolute Gasteiger partial charge is 0.394 e. The van der Waals surface area contributed by atoms with Gasteiger partial charge in [0.05, 0.1) is 19.3 Å². The number of hydrogen-bond donors (Lipinski definition) is 4. The van der Waals surface area contributed by atoms with Crippen LogP contribution >= 0.6 is 0 Å². The Hall–Kier alpha value is -1.14. The Morgan fingerprint density at radius 2 is 1.85 bits per heavy atom. The highest BCUT2D eigenvalue weighted by molar-refractivity contribution is 5.99. The third-order valence-corrected chi connectivity index (χ3v) is 1.61. The van der Waals surface area contributed by atoms with Crippen LogP contribution in [0.25, 0.3) is 0 Å². The maximum Gasteiger partial charge on any atom is 0.232 e. The van der Waals surface area contributed by atoms with Gasteiger partial charge in [0.1, 0.15) is 5.92 Å². The second-order valence-corrected chi connectivity index (χ2v) is 2.69. The number of amides is 2. The van der Waals surface area contributed by atoms with Crippen LogP contribution in [0.15, 0.2) is 0 Å². The molecule has 0 saturated heterocycles. The number of aliphatic hydroxyl groups excluding tert-OH is 2. The van der Waals surface area contributed by atoms with Gasteiger partial charge in [0.15, 0.2) is 0 Å². The molecule has 2 amide bonds. The molecule has 1 atom stereocenters. The van der Waals surface area contributed by atoms with E-state index in [-0.39, 0.29) is 13.2 Å². The summed E-state index contributed by atoms with van der Waals surface area (Å²) in [6.45, 7) is 0.588. The van der Waals surface area contributed by atoms with E-state index in [0.29, 0.717) is 0 Å². The van der Waals surface area contributed by atoms with Gasteiger partial charge in [-0.2, -0.15) is 0 Å². The van der Waals surface area contributed by atoms with Crippen LogP contribution < -0.4 is 11.1 Å². The summed E-state index contributed by atoms with van der Waals surface area (Å²) in [5.74, 6) is -2.30. The van der Waals surface area contributed by atoms with Gasteiger partial charge < -0.3 is 21.3 Å². The van der Waals surface area contributed by atoms with Crippen molar-refractivity contribution in [2.75, 3.05) is 13.2 Å². The molecular weight excluding hydrogens is 176 g/mol. The molecule has 13 heavy (non-hydrogen) atoms. The molecule has 0 radical (unpaired) electrons. The zero-order chi connectivity index (χ0) is 10.4. The molecule has 0 saturated carbocycles. The minimum atomic E-state index is -0.958. The van der Waals surface area contributed by atoms with E-state index in [1.54, 1.807) is 0 Å². The van der Waals surface area contributed by atoms with Gasteiger partial charge in [0.25, 0.3) is 0 Å². The first-order chi connectivity index (χ1) is 6.02. The minimum Gasteiger partial charge on any atom is -0.394 e. The van der Waals surface area contributed by atoms with Crippen molar-refractivity contribution in [3.05, 3.63) is 0 Å². The lowest BCUT2D eigenvalue weighted by atomic mass is 10.1. The van der Waals surface area contributed by atoms with E-state index < -0.39 is 23.8 Å². The third kappa shape index (κ3) is 3.86. The van der Waals surface area contributed by atoms with E-state index in [4.69, 9.17) is 15.9 Å². The first kappa shape index (κ1) is 11.9. The summed E-state index contributed by atoms with van der Waals surface area (Å²) in [5.41, 5.74) is 4.87. The second-order valence-electron chi connectivity index (χ2n) is 2.69. The van der Waals surface area contributed by atoms with E-state index in [9.17, 15) is 9.59 Å². The number of aliphatic hydroxyl groups is 2. The summed E-state index contributed by atoms with van der Waals surface area (Å²) in [6.07, 6.45) is 0. The monoisotopic (exact) mass is 190 g/mol. The molecule has 76 valence electrons. The number of carbonyl (C=O) groups is 2. The van der Waals surface area contributed by atoms with Gasteiger partial charge in [-0.3, -0.25) is 9.59 Å². The van der Waals surface area contributed by atoms with Crippen LogP contribution in [0.1, 0.15) is 6.92 Å². The van der Waals surface area contributed by atoms with E-state index in [1.807, 2.05) is 0 Å². The Labute approximate surface area is 75.7 Å². The van der Waals surface area contributed by atoms with Gasteiger partial charge in [-0.1, -0.05) is 0 Å². The fourth-order valence-corrected chi connectivity index (χ4v) is 0.604. The SMILES string of the molecule is CC(C(N)=O)C(=O)NC(CO)CO. The Kier molecular flexibility index (Phi) is 5.01. The Morgan fingerprint density at radius 3 is 2.15 bits per heavy atom. The van der Waals surface area contributed by atoms with Crippen molar-refractivity contribution < 1.29 is 19.8 Å². The predicted molar refractivity (Wildman–Crippen MR) is 44.5 cm³/mol. The van der Waals surface area contributed by atoms with Gasteiger partial charge in [-0.15, -0.1) is 0 Å². The van der Waals surface area contributed by atoms with Crippen molar-refractivity contribution in [3.8, 4) is 0 Å². The number of rotatable bonds is 5. The molecule has 0 aliphatic heterocycles. The van der Waals surface area contributed by atoms with Crippen LogP contribution in [0.2, 0.25) is 0 Å². The van der Waals surface area contributed by atoms with Crippen LogP contribution in [0.4, 0.5) is 0 Å². The molecule has 0 aromatic rings. The highest BCUT2D eigenvalue weighted by Gasteiger charge is 2.20. The maximum absolute atomic E-state index is 11.1. The molecule has 0 rings (SSSR count). The topological polar surface area (TPSA) is 113 Å². The van der Waals surface area contributed by atoms with Crippen LogP contribution in [-0.2, 0) is 9.59 Å². The molecular formula is C7H14N2O4. The van der Waals surface area contributed by atoms with Crippen molar-refractivity contribution in [1.82, 2.24) is 5.32 Å². The van der Waals surface area contributed by atoms with Crippen LogP contribution in [0, 0.1) is 5.92 Å². The Bertz CT molecular complexity index is 191. The molecule has 0 spiro atoms. The maximum atomic E-state index is 11.1. The normalized spacial score (nSPS) is 12.6. The van der Waals surface area contributed by atoms with Crippen LogP contribution in [-0.4, -0.2) is 41.3 Å². The number of primary amides is 1. The van der Waals surface area contributed by atoms with Crippen molar-refractivity contribution in [2.24, 2.45) is 11.7 Å². The number of nitrogens with two attached hydrogens (primary N) is 1. The summed E-state index contributed by atoms with van der Waals surface area (Å²) in [5, 5.41) is 19.5. The number of nitrogens with one attached hydrogen (secondary N) is 1. The van der Waals surface area contributed by atoms with Crippen molar-refractivity contribution in [2.45, 2.75) is 13.0 Å². The predicted octanol–water partition coefficient (Wildman–Crippen LogP) is -2.42. The van der Waals surface area contributed by atoms with Gasteiger partial charge >= 0.3 is 0 Å². The molecule has 0 aliphatic carbocycles. The molecule has 5 N–H and O–H groups in total. The van der Waals surface area contributed by atoms with Gasteiger partial charge in [0.2, 0.25) is 11.8 Å². The fraction of sp³-hybridized carbons (Fsp3) is 0.714.